The second-order valence-corrected chi connectivity index (χ2v) is 4.53. The number of rotatable bonds is 3. The van der Waals surface area contributed by atoms with E-state index in [0.29, 0.717) is 5.75 Å². The van der Waals surface area contributed by atoms with Gasteiger partial charge in [-0.3, -0.25) is 0 Å². The maximum atomic E-state index is 13.4. The SMILES string of the molecule is C[n+]1ccccc1SCc1ccccc1F. The summed E-state index contributed by atoms with van der Waals surface area (Å²) in [5, 5.41) is 1.13. The van der Waals surface area contributed by atoms with Gasteiger partial charge in [0.2, 0.25) is 5.03 Å². The first-order valence-corrected chi connectivity index (χ1v) is 6.07. The molecule has 0 aliphatic carbocycles. The number of hydrogen-bond acceptors (Lipinski definition) is 1. The molecule has 0 spiro atoms. The summed E-state index contributed by atoms with van der Waals surface area (Å²) in [5.41, 5.74) is 0.747. The van der Waals surface area contributed by atoms with Gasteiger partial charge in [-0.2, -0.15) is 4.57 Å². The van der Waals surface area contributed by atoms with Crippen molar-refractivity contribution >= 4 is 11.8 Å². The van der Waals surface area contributed by atoms with Crippen LogP contribution in [0.25, 0.3) is 0 Å². The Morgan fingerprint density at radius 3 is 2.62 bits per heavy atom. The van der Waals surface area contributed by atoms with Crippen LogP contribution in [0.15, 0.2) is 53.7 Å². The van der Waals surface area contributed by atoms with E-state index in [4.69, 9.17) is 0 Å². The lowest BCUT2D eigenvalue weighted by Crippen LogP contribution is -2.29. The van der Waals surface area contributed by atoms with E-state index >= 15 is 0 Å². The van der Waals surface area contributed by atoms with E-state index in [0.717, 1.165) is 10.6 Å². The van der Waals surface area contributed by atoms with Crippen molar-refractivity contribution in [1.29, 1.82) is 0 Å². The molecule has 0 bridgehead atoms. The van der Waals surface area contributed by atoms with Gasteiger partial charge < -0.3 is 0 Å². The number of aromatic nitrogens is 1. The van der Waals surface area contributed by atoms with Gasteiger partial charge in [0.15, 0.2) is 6.20 Å². The second-order valence-electron chi connectivity index (χ2n) is 3.53. The Hall–Kier alpha value is -1.35. The lowest BCUT2D eigenvalue weighted by atomic mass is 10.2. The number of aryl methyl sites for hydroxylation is 1. The Morgan fingerprint density at radius 1 is 1.12 bits per heavy atom. The molecule has 1 aromatic carbocycles. The van der Waals surface area contributed by atoms with Crippen molar-refractivity contribution in [1.82, 2.24) is 0 Å². The van der Waals surface area contributed by atoms with Crippen molar-refractivity contribution in [3.05, 3.63) is 60.0 Å². The Kier molecular flexibility index (Phi) is 3.57. The van der Waals surface area contributed by atoms with E-state index in [1.807, 2.05) is 48.1 Å². The van der Waals surface area contributed by atoms with Gasteiger partial charge >= 0.3 is 0 Å². The van der Waals surface area contributed by atoms with Gasteiger partial charge in [-0.25, -0.2) is 4.39 Å². The van der Waals surface area contributed by atoms with E-state index < -0.39 is 0 Å². The van der Waals surface area contributed by atoms with E-state index in [1.54, 1.807) is 17.8 Å². The topological polar surface area (TPSA) is 3.88 Å². The van der Waals surface area contributed by atoms with Crippen LogP contribution in [-0.4, -0.2) is 0 Å². The molecule has 0 saturated carbocycles. The Labute approximate surface area is 98.9 Å². The van der Waals surface area contributed by atoms with Crippen LogP contribution in [-0.2, 0) is 12.8 Å². The van der Waals surface area contributed by atoms with Crippen LogP contribution in [0.2, 0.25) is 0 Å². The van der Waals surface area contributed by atoms with Gasteiger partial charge in [-0.1, -0.05) is 30.0 Å². The first-order valence-electron chi connectivity index (χ1n) is 5.08. The molecule has 1 heterocycles. The first-order chi connectivity index (χ1) is 7.77. The largest absolute Gasteiger partial charge is 0.240 e. The van der Waals surface area contributed by atoms with Gasteiger partial charge in [0.1, 0.15) is 12.9 Å². The summed E-state index contributed by atoms with van der Waals surface area (Å²) in [6, 6.07) is 12.9. The maximum absolute atomic E-state index is 13.4. The highest BCUT2D eigenvalue weighted by Crippen LogP contribution is 2.20. The summed E-state index contributed by atoms with van der Waals surface area (Å²) in [5.74, 6) is 0.526. The minimum atomic E-state index is -0.131. The van der Waals surface area contributed by atoms with E-state index in [-0.39, 0.29) is 5.82 Å². The number of halogens is 1. The molecule has 82 valence electrons. The molecule has 0 atom stereocenters. The Bertz CT molecular complexity index is 439. The zero-order valence-corrected chi connectivity index (χ0v) is 9.88. The van der Waals surface area contributed by atoms with Crippen LogP contribution >= 0.6 is 11.8 Å². The minimum Gasteiger partial charge on any atom is -0.207 e. The molecule has 0 fully saturated rings. The molecule has 3 heteroatoms. The third-order valence-electron chi connectivity index (χ3n) is 2.34. The van der Waals surface area contributed by atoms with Crippen LogP contribution < -0.4 is 4.57 Å². The van der Waals surface area contributed by atoms with Crippen LogP contribution in [0.5, 0.6) is 0 Å². The average Bonchev–Trinajstić information content (AvgIpc) is 2.30. The molecule has 0 saturated heterocycles. The molecule has 0 aliphatic heterocycles. The van der Waals surface area contributed by atoms with Gasteiger partial charge in [-0.05, 0) is 17.7 Å². The normalized spacial score (nSPS) is 10.4. The fourth-order valence-electron chi connectivity index (χ4n) is 1.42. The predicted molar refractivity (Wildman–Crippen MR) is 63.6 cm³/mol. The standard InChI is InChI=1S/C13H13FNS/c1-15-9-5-4-8-13(15)16-10-11-6-2-3-7-12(11)14/h2-9H,10H2,1H3/q+1. The third kappa shape index (κ3) is 2.61. The highest BCUT2D eigenvalue weighted by molar-refractivity contribution is 7.98. The molecular formula is C13H13FNS+. The lowest BCUT2D eigenvalue weighted by molar-refractivity contribution is -0.708. The molecule has 0 N–H and O–H groups in total. The Morgan fingerprint density at radius 2 is 1.88 bits per heavy atom. The van der Waals surface area contributed by atoms with Crippen molar-refractivity contribution < 1.29 is 8.96 Å². The zero-order chi connectivity index (χ0) is 11.4. The summed E-state index contributed by atoms with van der Waals surface area (Å²) < 4.78 is 15.4. The molecule has 1 nitrogen and oxygen atoms in total. The number of pyridine rings is 1. The van der Waals surface area contributed by atoms with E-state index in [9.17, 15) is 4.39 Å². The molecule has 0 unspecified atom stereocenters. The fraction of sp³-hybridized carbons (Fsp3) is 0.154. The monoisotopic (exact) mass is 234 g/mol. The molecule has 0 aliphatic rings. The first kappa shape index (κ1) is 11.1. The van der Waals surface area contributed by atoms with Crippen LogP contribution in [0.3, 0.4) is 0 Å². The van der Waals surface area contributed by atoms with Gasteiger partial charge in [-0.15, -0.1) is 0 Å². The van der Waals surface area contributed by atoms with Crippen LogP contribution in [0.1, 0.15) is 5.56 Å². The highest BCUT2D eigenvalue weighted by atomic mass is 32.2. The highest BCUT2D eigenvalue weighted by Gasteiger charge is 2.07. The van der Waals surface area contributed by atoms with Gasteiger partial charge in [0.25, 0.3) is 0 Å². The van der Waals surface area contributed by atoms with Gasteiger partial charge in [0.05, 0.1) is 0 Å². The smallest absolute Gasteiger partial charge is 0.207 e. The lowest BCUT2D eigenvalue weighted by Gasteiger charge is -2.01. The molecular weight excluding hydrogens is 221 g/mol. The van der Waals surface area contributed by atoms with Crippen LogP contribution in [0.4, 0.5) is 4.39 Å². The van der Waals surface area contributed by atoms with Crippen molar-refractivity contribution in [2.75, 3.05) is 0 Å². The van der Waals surface area contributed by atoms with Crippen molar-refractivity contribution in [3.8, 4) is 0 Å². The van der Waals surface area contributed by atoms with Crippen molar-refractivity contribution in [2.24, 2.45) is 7.05 Å². The van der Waals surface area contributed by atoms with Crippen LogP contribution in [0, 0.1) is 5.82 Å². The quantitative estimate of drug-likeness (QED) is 0.583. The molecule has 16 heavy (non-hydrogen) atoms. The predicted octanol–water partition coefficient (Wildman–Crippen LogP) is 2.94. The molecule has 0 radical (unpaired) electrons. The van der Waals surface area contributed by atoms with Crippen molar-refractivity contribution in [2.45, 2.75) is 10.8 Å². The van der Waals surface area contributed by atoms with Crippen molar-refractivity contribution in [3.63, 3.8) is 0 Å². The maximum Gasteiger partial charge on any atom is 0.240 e. The minimum absolute atomic E-state index is 0.131. The van der Waals surface area contributed by atoms with E-state index in [2.05, 4.69) is 0 Å². The molecule has 0 amide bonds. The zero-order valence-electron chi connectivity index (χ0n) is 9.06. The number of benzene rings is 1. The summed E-state index contributed by atoms with van der Waals surface area (Å²) >= 11 is 1.64. The summed E-state index contributed by atoms with van der Waals surface area (Å²) in [6.45, 7) is 0. The molecule has 2 rings (SSSR count). The number of thioether (sulfide) groups is 1. The number of hydrogen-bond donors (Lipinski definition) is 0. The molecule has 2 aromatic rings. The molecule has 1 aromatic heterocycles. The number of nitrogens with zero attached hydrogens (tertiary/aromatic N) is 1. The average molecular weight is 234 g/mol. The fourth-order valence-corrected chi connectivity index (χ4v) is 2.40. The second kappa shape index (κ2) is 5.12. The van der Waals surface area contributed by atoms with Gasteiger partial charge in [0, 0.05) is 17.9 Å². The Balaban J connectivity index is 2.09. The summed E-state index contributed by atoms with van der Waals surface area (Å²) in [7, 11) is 1.99. The summed E-state index contributed by atoms with van der Waals surface area (Å²) in [4.78, 5) is 0. The van der Waals surface area contributed by atoms with E-state index in [1.165, 1.54) is 6.07 Å². The summed E-state index contributed by atoms with van der Waals surface area (Å²) in [6.07, 6.45) is 1.99. The third-order valence-corrected chi connectivity index (χ3v) is 3.52.